The lowest BCUT2D eigenvalue weighted by Gasteiger charge is -2.02. The summed E-state index contributed by atoms with van der Waals surface area (Å²) in [5.41, 5.74) is 3.23. The van der Waals surface area contributed by atoms with Crippen LogP contribution in [0.25, 0.3) is 0 Å². The molecule has 68 valence electrons. The van der Waals surface area contributed by atoms with Crippen molar-refractivity contribution in [2.24, 2.45) is 0 Å². The van der Waals surface area contributed by atoms with Crippen molar-refractivity contribution in [2.45, 2.75) is 19.4 Å². The Morgan fingerprint density at radius 3 is 3.00 bits per heavy atom. The summed E-state index contributed by atoms with van der Waals surface area (Å²) in [6, 6.07) is 5.95. The molecule has 13 heavy (non-hydrogen) atoms. The molecule has 0 heterocycles. The van der Waals surface area contributed by atoms with Crippen molar-refractivity contribution in [3.8, 4) is 0 Å². The molecule has 0 unspecified atom stereocenters. The molecule has 1 aromatic rings. The SMILES string of the molecule is COCc1ccc2c(c1)CCC2=O. The number of rotatable bonds is 2. The molecule has 0 aliphatic heterocycles. The number of fused-ring (bicyclic) bond motifs is 1. The summed E-state index contributed by atoms with van der Waals surface area (Å²) in [5, 5.41) is 0. The average molecular weight is 176 g/mol. The van der Waals surface area contributed by atoms with Gasteiger partial charge in [-0.1, -0.05) is 18.2 Å². The first-order valence-electron chi connectivity index (χ1n) is 4.45. The van der Waals surface area contributed by atoms with Gasteiger partial charge in [0, 0.05) is 19.1 Å². The quantitative estimate of drug-likeness (QED) is 0.688. The van der Waals surface area contributed by atoms with Crippen molar-refractivity contribution in [2.75, 3.05) is 7.11 Å². The van der Waals surface area contributed by atoms with E-state index in [0.717, 1.165) is 17.5 Å². The molecule has 0 atom stereocenters. The molecule has 0 saturated carbocycles. The van der Waals surface area contributed by atoms with Crippen LogP contribution in [0, 0.1) is 0 Å². The third-order valence-corrected chi connectivity index (χ3v) is 2.40. The predicted molar refractivity (Wildman–Crippen MR) is 49.8 cm³/mol. The highest BCUT2D eigenvalue weighted by Crippen LogP contribution is 2.22. The van der Waals surface area contributed by atoms with E-state index in [4.69, 9.17) is 4.74 Å². The van der Waals surface area contributed by atoms with Gasteiger partial charge in [-0.3, -0.25) is 4.79 Å². The molecule has 0 saturated heterocycles. The zero-order chi connectivity index (χ0) is 9.26. The molecule has 0 radical (unpaired) electrons. The molecule has 1 aromatic carbocycles. The molecule has 0 N–H and O–H groups in total. The third-order valence-electron chi connectivity index (χ3n) is 2.40. The highest BCUT2D eigenvalue weighted by molar-refractivity contribution is 6.00. The molecule has 2 rings (SSSR count). The molecular formula is C11H12O2. The number of carbonyl (C=O) groups excluding carboxylic acids is 1. The van der Waals surface area contributed by atoms with Gasteiger partial charge in [-0.05, 0) is 17.5 Å². The minimum Gasteiger partial charge on any atom is -0.380 e. The second-order valence-corrected chi connectivity index (χ2v) is 3.35. The van der Waals surface area contributed by atoms with Crippen molar-refractivity contribution in [3.63, 3.8) is 0 Å². The fourth-order valence-corrected chi connectivity index (χ4v) is 1.77. The van der Waals surface area contributed by atoms with Crippen molar-refractivity contribution >= 4 is 5.78 Å². The predicted octanol–water partition coefficient (Wildman–Crippen LogP) is 1.96. The van der Waals surface area contributed by atoms with E-state index in [0.29, 0.717) is 13.0 Å². The van der Waals surface area contributed by atoms with Crippen molar-refractivity contribution in [1.82, 2.24) is 0 Å². The van der Waals surface area contributed by atoms with E-state index in [1.54, 1.807) is 7.11 Å². The molecule has 2 heteroatoms. The van der Waals surface area contributed by atoms with Crippen molar-refractivity contribution < 1.29 is 9.53 Å². The fourth-order valence-electron chi connectivity index (χ4n) is 1.77. The maximum atomic E-state index is 11.3. The van der Waals surface area contributed by atoms with Gasteiger partial charge in [0.1, 0.15) is 0 Å². The Bertz CT molecular complexity index is 342. The Labute approximate surface area is 77.5 Å². The number of methoxy groups -OCH3 is 1. The Kier molecular flexibility index (Phi) is 2.15. The third kappa shape index (κ3) is 1.49. The summed E-state index contributed by atoms with van der Waals surface area (Å²) < 4.78 is 5.03. The smallest absolute Gasteiger partial charge is 0.163 e. The van der Waals surface area contributed by atoms with Gasteiger partial charge >= 0.3 is 0 Å². The van der Waals surface area contributed by atoms with E-state index in [1.807, 2.05) is 12.1 Å². The van der Waals surface area contributed by atoms with Crippen LogP contribution in [0.15, 0.2) is 18.2 Å². The molecule has 0 amide bonds. The highest BCUT2D eigenvalue weighted by Gasteiger charge is 2.18. The van der Waals surface area contributed by atoms with Crippen LogP contribution in [0.2, 0.25) is 0 Å². The molecule has 0 spiro atoms. The van der Waals surface area contributed by atoms with Crippen LogP contribution in [-0.4, -0.2) is 12.9 Å². The van der Waals surface area contributed by atoms with E-state index in [2.05, 4.69) is 6.07 Å². The number of aryl methyl sites for hydroxylation is 1. The maximum Gasteiger partial charge on any atom is 0.163 e. The average Bonchev–Trinajstić information content (AvgIpc) is 2.48. The molecule has 1 aliphatic carbocycles. The molecular weight excluding hydrogens is 164 g/mol. The number of hydrogen-bond donors (Lipinski definition) is 0. The first-order chi connectivity index (χ1) is 6.31. The molecule has 0 aromatic heterocycles. The fraction of sp³-hybridized carbons (Fsp3) is 0.364. The number of Topliss-reactive ketones (excluding diaryl/α,β-unsaturated/α-hetero) is 1. The molecule has 1 aliphatic rings. The van der Waals surface area contributed by atoms with Crippen LogP contribution >= 0.6 is 0 Å². The van der Waals surface area contributed by atoms with Gasteiger partial charge < -0.3 is 4.74 Å². The minimum absolute atomic E-state index is 0.277. The van der Waals surface area contributed by atoms with E-state index in [-0.39, 0.29) is 5.78 Å². The standard InChI is InChI=1S/C11H12O2/c1-13-7-8-2-4-10-9(6-8)3-5-11(10)12/h2,4,6H,3,5,7H2,1H3. The van der Waals surface area contributed by atoms with Crippen LogP contribution in [0.4, 0.5) is 0 Å². The summed E-state index contributed by atoms with van der Waals surface area (Å²) in [6.45, 7) is 0.626. The zero-order valence-corrected chi connectivity index (χ0v) is 7.67. The van der Waals surface area contributed by atoms with Crippen LogP contribution in [0.1, 0.15) is 27.9 Å². The molecule has 2 nitrogen and oxygen atoms in total. The Balaban J connectivity index is 2.34. The normalized spacial score (nSPS) is 14.7. The second-order valence-electron chi connectivity index (χ2n) is 3.35. The number of ether oxygens (including phenoxy) is 1. The number of carbonyl (C=O) groups is 1. The van der Waals surface area contributed by atoms with E-state index in [9.17, 15) is 4.79 Å². The summed E-state index contributed by atoms with van der Waals surface area (Å²) in [6.07, 6.45) is 1.57. The van der Waals surface area contributed by atoms with Crippen LogP contribution in [-0.2, 0) is 17.8 Å². The lowest BCUT2D eigenvalue weighted by atomic mass is 10.1. The minimum atomic E-state index is 0.277. The first kappa shape index (κ1) is 8.45. The van der Waals surface area contributed by atoms with Gasteiger partial charge in [0.05, 0.1) is 6.61 Å². The Morgan fingerprint density at radius 2 is 2.23 bits per heavy atom. The summed E-state index contributed by atoms with van der Waals surface area (Å²) in [7, 11) is 1.68. The van der Waals surface area contributed by atoms with Gasteiger partial charge in [0.15, 0.2) is 5.78 Å². The Morgan fingerprint density at radius 1 is 1.38 bits per heavy atom. The second kappa shape index (κ2) is 3.30. The zero-order valence-electron chi connectivity index (χ0n) is 7.67. The van der Waals surface area contributed by atoms with Crippen molar-refractivity contribution in [1.29, 1.82) is 0 Å². The van der Waals surface area contributed by atoms with Crippen LogP contribution < -0.4 is 0 Å². The summed E-state index contributed by atoms with van der Waals surface area (Å²) >= 11 is 0. The molecule has 0 bridgehead atoms. The topological polar surface area (TPSA) is 26.3 Å². The van der Waals surface area contributed by atoms with Gasteiger partial charge in [0.25, 0.3) is 0 Å². The Hall–Kier alpha value is -1.15. The lowest BCUT2D eigenvalue weighted by Crippen LogP contribution is -1.93. The van der Waals surface area contributed by atoms with Gasteiger partial charge in [-0.15, -0.1) is 0 Å². The maximum absolute atomic E-state index is 11.3. The largest absolute Gasteiger partial charge is 0.380 e. The number of benzene rings is 1. The monoisotopic (exact) mass is 176 g/mol. The van der Waals surface area contributed by atoms with E-state index >= 15 is 0 Å². The summed E-state index contributed by atoms with van der Waals surface area (Å²) in [4.78, 5) is 11.3. The number of hydrogen-bond acceptors (Lipinski definition) is 2. The highest BCUT2D eigenvalue weighted by atomic mass is 16.5. The van der Waals surface area contributed by atoms with E-state index < -0.39 is 0 Å². The first-order valence-corrected chi connectivity index (χ1v) is 4.45. The molecule has 0 fully saturated rings. The van der Waals surface area contributed by atoms with E-state index in [1.165, 1.54) is 5.56 Å². The summed E-state index contributed by atoms with van der Waals surface area (Å²) in [5.74, 6) is 0.277. The van der Waals surface area contributed by atoms with Gasteiger partial charge in [0.2, 0.25) is 0 Å². The van der Waals surface area contributed by atoms with Gasteiger partial charge in [-0.2, -0.15) is 0 Å². The number of ketones is 1. The van der Waals surface area contributed by atoms with Crippen LogP contribution in [0.5, 0.6) is 0 Å². The van der Waals surface area contributed by atoms with Crippen molar-refractivity contribution in [3.05, 3.63) is 34.9 Å². The van der Waals surface area contributed by atoms with Gasteiger partial charge in [-0.25, -0.2) is 0 Å². The van der Waals surface area contributed by atoms with Crippen LogP contribution in [0.3, 0.4) is 0 Å². The lowest BCUT2D eigenvalue weighted by molar-refractivity contribution is 0.0994.